The summed E-state index contributed by atoms with van der Waals surface area (Å²) >= 11 is 0. The van der Waals surface area contributed by atoms with Gasteiger partial charge in [0.05, 0.1) is 11.9 Å². The van der Waals surface area contributed by atoms with E-state index in [-0.39, 0.29) is 11.4 Å². The molecule has 1 heterocycles. The molecule has 0 atom stereocenters. The average molecular weight is 339 g/mol. The predicted molar refractivity (Wildman–Crippen MR) is 93.1 cm³/mol. The van der Waals surface area contributed by atoms with Crippen molar-refractivity contribution in [3.63, 3.8) is 0 Å². The van der Waals surface area contributed by atoms with Crippen LogP contribution < -0.4 is 10.2 Å². The molecule has 1 aromatic heterocycles. The largest absolute Gasteiger partial charge is 0.343 e. The van der Waals surface area contributed by atoms with Crippen LogP contribution in [0.3, 0.4) is 0 Å². The van der Waals surface area contributed by atoms with Gasteiger partial charge in [-0.2, -0.15) is 0 Å². The number of carbonyl (C=O) groups excluding carboxylic acids is 1. The van der Waals surface area contributed by atoms with Gasteiger partial charge in [-0.15, -0.1) is 0 Å². The van der Waals surface area contributed by atoms with E-state index in [0.29, 0.717) is 0 Å². The minimum Gasteiger partial charge on any atom is -0.343 e. The van der Waals surface area contributed by atoms with Gasteiger partial charge < -0.3 is 10.2 Å². The van der Waals surface area contributed by atoms with Crippen molar-refractivity contribution in [2.24, 2.45) is 0 Å². The third-order valence-corrected chi connectivity index (χ3v) is 3.69. The number of amides is 1. The lowest BCUT2D eigenvalue weighted by Crippen LogP contribution is -2.15. The number of aromatic nitrogens is 1. The maximum atomic E-state index is 13.2. The van der Waals surface area contributed by atoms with Crippen molar-refractivity contribution in [3.05, 3.63) is 84.2 Å². The lowest BCUT2D eigenvalue weighted by molar-refractivity contribution is 0.102. The minimum absolute atomic E-state index is 0.163. The lowest BCUT2D eigenvalue weighted by atomic mass is 10.2. The number of para-hydroxylation sites is 1. The maximum absolute atomic E-state index is 13.2. The molecule has 0 fully saturated rings. The van der Waals surface area contributed by atoms with Crippen molar-refractivity contribution >= 4 is 23.0 Å². The topological polar surface area (TPSA) is 45.2 Å². The number of nitrogens with one attached hydrogen (secondary N) is 1. The van der Waals surface area contributed by atoms with E-state index in [0.717, 1.165) is 23.5 Å². The van der Waals surface area contributed by atoms with Crippen molar-refractivity contribution in [2.75, 3.05) is 17.3 Å². The maximum Gasteiger partial charge on any atom is 0.274 e. The number of benzene rings is 2. The van der Waals surface area contributed by atoms with Crippen LogP contribution in [0.1, 0.15) is 10.5 Å². The third-order valence-electron chi connectivity index (χ3n) is 3.69. The van der Waals surface area contributed by atoms with Gasteiger partial charge in [0.15, 0.2) is 11.6 Å². The van der Waals surface area contributed by atoms with Crippen LogP contribution >= 0.6 is 0 Å². The summed E-state index contributed by atoms with van der Waals surface area (Å²) < 4.78 is 26.1. The molecule has 0 saturated carbocycles. The summed E-state index contributed by atoms with van der Waals surface area (Å²) in [5.74, 6) is -2.49. The quantitative estimate of drug-likeness (QED) is 0.767. The predicted octanol–water partition coefficient (Wildman–Crippen LogP) is 4.38. The van der Waals surface area contributed by atoms with Crippen LogP contribution in [0, 0.1) is 11.6 Å². The van der Waals surface area contributed by atoms with E-state index < -0.39 is 17.5 Å². The zero-order valence-corrected chi connectivity index (χ0v) is 13.4. The molecule has 6 heteroatoms. The van der Waals surface area contributed by atoms with Gasteiger partial charge >= 0.3 is 0 Å². The molecule has 0 aliphatic heterocycles. The number of nitrogens with zero attached hydrogens (tertiary/aromatic N) is 2. The highest BCUT2D eigenvalue weighted by molar-refractivity contribution is 6.02. The number of halogens is 2. The molecule has 0 aliphatic rings. The Labute approximate surface area is 143 Å². The number of hydrogen-bond donors (Lipinski definition) is 1. The Morgan fingerprint density at radius 3 is 2.36 bits per heavy atom. The highest BCUT2D eigenvalue weighted by Gasteiger charge is 2.11. The summed E-state index contributed by atoms with van der Waals surface area (Å²) in [4.78, 5) is 18.2. The van der Waals surface area contributed by atoms with Crippen LogP contribution in [0.4, 0.5) is 25.8 Å². The molecule has 1 N–H and O–H groups in total. The first kappa shape index (κ1) is 16.6. The second-order valence-corrected chi connectivity index (χ2v) is 5.38. The van der Waals surface area contributed by atoms with Gasteiger partial charge in [0.25, 0.3) is 5.91 Å². The molecule has 4 nitrogen and oxygen atoms in total. The van der Waals surface area contributed by atoms with E-state index in [2.05, 4.69) is 10.3 Å². The molecule has 0 radical (unpaired) electrons. The van der Waals surface area contributed by atoms with Crippen LogP contribution in [-0.4, -0.2) is 17.9 Å². The molecule has 0 bridgehead atoms. The fourth-order valence-corrected chi connectivity index (χ4v) is 2.29. The van der Waals surface area contributed by atoms with Crippen molar-refractivity contribution in [3.8, 4) is 0 Å². The first-order valence-corrected chi connectivity index (χ1v) is 7.56. The molecule has 3 rings (SSSR count). The smallest absolute Gasteiger partial charge is 0.274 e. The molecular weight excluding hydrogens is 324 g/mol. The van der Waals surface area contributed by atoms with Gasteiger partial charge in [0.2, 0.25) is 0 Å². The van der Waals surface area contributed by atoms with E-state index in [1.165, 1.54) is 6.07 Å². The molecule has 0 unspecified atom stereocenters. The molecule has 0 saturated heterocycles. The van der Waals surface area contributed by atoms with E-state index in [4.69, 9.17) is 0 Å². The fraction of sp³-hybridized carbons (Fsp3) is 0.0526. The Hall–Kier alpha value is -3.28. The van der Waals surface area contributed by atoms with Crippen molar-refractivity contribution in [1.82, 2.24) is 4.98 Å². The SMILES string of the molecule is CN(c1ccccc1)c1ccc(C(=O)Nc2ccc(F)c(F)c2)nc1. The standard InChI is InChI=1S/C19H15F2N3O/c1-24(14-5-3-2-4-6-14)15-8-10-18(22-12-15)19(25)23-13-7-9-16(20)17(21)11-13/h2-12H,1H3,(H,23,25). The lowest BCUT2D eigenvalue weighted by Gasteiger charge is -2.19. The molecule has 2 aromatic carbocycles. The molecule has 3 aromatic rings. The Morgan fingerprint density at radius 1 is 0.960 bits per heavy atom. The number of pyridine rings is 1. The fourth-order valence-electron chi connectivity index (χ4n) is 2.29. The van der Waals surface area contributed by atoms with Gasteiger partial charge in [-0.1, -0.05) is 18.2 Å². The zero-order valence-electron chi connectivity index (χ0n) is 13.4. The summed E-state index contributed by atoms with van der Waals surface area (Å²) in [6.45, 7) is 0. The monoisotopic (exact) mass is 339 g/mol. The van der Waals surface area contributed by atoms with Gasteiger partial charge in [-0.3, -0.25) is 4.79 Å². The molecule has 0 spiro atoms. The first-order valence-electron chi connectivity index (χ1n) is 7.56. The number of carbonyl (C=O) groups is 1. The summed E-state index contributed by atoms with van der Waals surface area (Å²) in [7, 11) is 1.90. The molecule has 0 aliphatic carbocycles. The highest BCUT2D eigenvalue weighted by atomic mass is 19.2. The molecule has 126 valence electrons. The van der Waals surface area contributed by atoms with Crippen molar-refractivity contribution in [2.45, 2.75) is 0 Å². The average Bonchev–Trinajstić information content (AvgIpc) is 2.65. The number of rotatable bonds is 4. The molecular formula is C19H15F2N3O. The van der Waals surface area contributed by atoms with Crippen LogP contribution in [0.25, 0.3) is 0 Å². The van der Waals surface area contributed by atoms with Gasteiger partial charge in [-0.25, -0.2) is 13.8 Å². The second-order valence-electron chi connectivity index (χ2n) is 5.38. The normalized spacial score (nSPS) is 10.4. The summed E-state index contributed by atoms with van der Waals surface area (Å²) in [5, 5.41) is 2.48. The number of hydrogen-bond acceptors (Lipinski definition) is 3. The summed E-state index contributed by atoms with van der Waals surface area (Å²) in [6.07, 6.45) is 1.58. The zero-order chi connectivity index (χ0) is 17.8. The Morgan fingerprint density at radius 2 is 1.72 bits per heavy atom. The van der Waals surface area contributed by atoms with Gasteiger partial charge in [0, 0.05) is 24.5 Å². The van der Waals surface area contributed by atoms with Crippen LogP contribution in [0.15, 0.2) is 66.9 Å². The van der Waals surface area contributed by atoms with E-state index in [1.807, 2.05) is 42.3 Å². The van der Waals surface area contributed by atoms with E-state index >= 15 is 0 Å². The summed E-state index contributed by atoms with van der Waals surface area (Å²) in [5.41, 5.74) is 2.14. The van der Waals surface area contributed by atoms with E-state index in [9.17, 15) is 13.6 Å². The van der Waals surface area contributed by atoms with Crippen LogP contribution in [-0.2, 0) is 0 Å². The Kier molecular flexibility index (Phi) is 4.70. The first-order chi connectivity index (χ1) is 12.0. The molecule has 1 amide bonds. The van der Waals surface area contributed by atoms with Gasteiger partial charge in [-0.05, 0) is 36.4 Å². The van der Waals surface area contributed by atoms with Gasteiger partial charge in [0.1, 0.15) is 5.69 Å². The third kappa shape index (κ3) is 3.80. The van der Waals surface area contributed by atoms with Crippen molar-refractivity contribution in [1.29, 1.82) is 0 Å². The van der Waals surface area contributed by atoms with Crippen molar-refractivity contribution < 1.29 is 13.6 Å². The van der Waals surface area contributed by atoms with Crippen LogP contribution in [0.5, 0.6) is 0 Å². The molecule has 25 heavy (non-hydrogen) atoms. The van der Waals surface area contributed by atoms with E-state index in [1.54, 1.807) is 18.3 Å². The Bertz CT molecular complexity index is 883. The number of anilines is 3. The second kappa shape index (κ2) is 7.09. The van der Waals surface area contributed by atoms with Crippen LogP contribution in [0.2, 0.25) is 0 Å². The summed E-state index contributed by atoms with van der Waals surface area (Å²) in [6, 6.07) is 16.2. The minimum atomic E-state index is -1.02. The Balaban J connectivity index is 1.73. The highest BCUT2D eigenvalue weighted by Crippen LogP contribution is 2.22.